The van der Waals surface area contributed by atoms with Crippen LogP contribution in [0.2, 0.25) is 0 Å². The van der Waals surface area contributed by atoms with Gasteiger partial charge in [-0.2, -0.15) is 11.8 Å². The summed E-state index contributed by atoms with van der Waals surface area (Å²) in [6.45, 7) is 0.840. The number of hydrogen-bond donors (Lipinski definition) is 1. The molecule has 1 atom stereocenters. The minimum atomic E-state index is 0.179. The van der Waals surface area contributed by atoms with E-state index < -0.39 is 0 Å². The van der Waals surface area contributed by atoms with Gasteiger partial charge in [0, 0.05) is 30.1 Å². The van der Waals surface area contributed by atoms with Crippen LogP contribution in [0.5, 0.6) is 0 Å². The summed E-state index contributed by atoms with van der Waals surface area (Å²) >= 11 is 1.98. The first-order valence-electron chi connectivity index (χ1n) is 6.63. The number of amides is 1. The number of carbonyl (C=O) groups is 1. The molecule has 98 valence electrons. The molecule has 1 aromatic rings. The molecule has 0 aliphatic carbocycles. The third kappa shape index (κ3) is 4.69. The Morgan fingerprint density at radius 3 is 3.17 bits per heavy atom. The largest absolute Gasteiger partial charge is 0.355 e. The molecular weight excluding hydrogens is 244 g/mol. The van der Waals surface area contributed by atoms with Crippen molar-refractivity contribution in [1.82, 2.24) is 10.3 Å². The fourth-order valence-corrected chi connectivity index (χ4v) is 3.30. The van der Waals surface area contributed by atoms with E-state index in [4.69, 9.17) is 0 Å². The molecule has 4 heteroatoms. The van der Waals surface area contributed by atoms with Crippen molar-refractivity contribution in [3.8, 4) is 0 Å². The number of hydrogen-bond acceptors (Lipinski definition) is 3. The molecule has 2 heterocycles. The van der Waals surface area contributed by atoms with Crippen LogP contribution < -0.4 is 5.32 Å². The van der Waals surface area contributed by atoms with Gasteiger partial charge in [0.05, 0.1) is 0 Å². The molecule has 3 nitrogen and oxygen atoms in total. The van der Waals surface area contributed by atoms with Crippen molar-refractivity contribution in [3.05, 3.63) is 30.1 Å². The molecule has 1 saturated heterocycles. The SMILES string of the molecule is O=C(CCCc1ccccn1)NC[C@@H]1CCCS1. The first-order chi connectivity index (χ1) is 8.84. The van der Waals surface area contributed by atoms with Crippen LogP contribution in [0.15, 0.2) is 24.4 Å². The lowest BCUT2D eigenvalue weighted by Gasteiger charge is -2.09. The Kier molecular flexibility index (Phi) is 5.52. The zero-order valence-electron chi connectivity index (χ0n) is 10.6. The van der Waals surface area contributed by atoms with Crippen molar-refractivity contribution < 1.29 is 4.79 Å². The van der Waals surface area contributed by atoms with Crippen molar-refractivity contribution in [3.63, 3.8) is 0 Å². The van der Waals surface area contributed by atoms with E-state index in [1.54, 1.807) is 6.20 Å². The average molecular weight is 264 g/mol. The first kappa shape index (κ1) is 13.4. The lowest BCUT2D eigenvalue weighted by molar-refractivity contribution is -0.121. The maximum absolute atomic E-state index is 11.6. The van der Waals surface area contributed by atoms with E-state index in [1.165, 1.54) is 18.6 Å². The number of nitrogens with zero attached hydrogens (tertiary/aromatic N) is 1. The van der Waals surface area contributed by atoms with Gasteiger partial charge < -0.3 is 5.32 Å². The summed E-state index contributed by atoms with van der Waals surface area (Å²) in [5.41, 5.74) is 1.07. The topological polar surface area (TPSA) is 42.0 Å². The summed E-state index contributed by atoms with van der Waals surface area (Å²) < 4.78 is 0. The number of rotatable bonds is 6. The molecule has 0 spiro atoms. The van der Waals surface area contributed by atoms with Crippen LogP contribution in [0.25, 0.3) is 0 Å². The highest BCUT2D eigenvalue weighted by atomic mass is 32.2. The molecule has 1 aliphatic heterocycles. The van der Waals surface area contributed by atoms with Crippen LogP contribution >= 0.6 is 11.8 Å². The summed E-state index contributed by atoms with van der Waals surface area (Å²) in [5, 5.41) is 3.67. The van der Waals surface area contributed by atoms with Gasteiger partial charge in [0.1, 0.15) is 0 Å². The lowest BCUT2D eigenvalue weighted by Crippen LogP contribution is -2.29. The van der Waals surface area contributed by atoms with Crippen LogP contribution in [0, 0.1) is 0 Å². The molecule has 1 amide bonds. The van der Waals surface area contributed by atoms with Crippen molar-refractivity contribution in [2.24, 2.45) is 0 Å². The van der Waals surface area contributed by atoms with Gasteiger partial charge >= 0.3 is 0 Å². The van der Waals surface area contributed by atoms with E-state index >= 15 is 0 Å². The molecule has 1 N–H and O–H groups in total. The second-order valence-corrected chi connectivity index (χ2v) is 6.02. The van der Waals surface area contributed by atoms with Crippen molar-refractivity contribution in [1.29, 1.82) is 0 Å². The second kappa shape index (κ2) is 7.41. The van der Waals surface area contributed by atoms with E-state index in [0.29, 0.717) is 11.7 Å². The number of nitrogens with one attached hydrogen (secondary N) is 1. The predicted molar refractivity (Wildman–Crippen MR) is 75.7 cm³/mol. The Bertz CT molecular complexity index is 363. The summed E-state index contributed by atoms with van der Waals surface area (Å²) in [6.07, 6.45) is 6.71. The van der Waals surface area contributed by atoms with Crippen LogP contribution in [0.4, 0.5) is 0 Å². The Hall–Kier alpha value is -1.03. The van der Waals surface area contributed by atoms with Gasteiger partial charge in [0.25, 0.3) is 0 Å². The molecule has 1 fully saturated rings. The third-order valence-corrected chi connectivity index (χ3v) is 4.51. The van der Waals surface area contributed by atoms with Crippen LogP contribution in [-0.2, 0) is 11.2 Å². The highest BCUT2D eigenvalue weighted by Gasteiger charge is 2.15. The van der Waals surface area contributed by atoms with E-state index in [9.17, 15) is 4.79 Å². The standard InChI is InChI=1S/C14H20N2OS/c17-14(16-11-13-7-4-10-18-13)8-3-6-12-5-1-2-9-15-12/h1-2,5,9,13H,3-4,6-8,10-11H2,(H,16,17)/t13-/m0/s1. The fourth-order valence-electron chi connectivity index (χ4n) is 2.10. The van der Waals surface area contributed by atoms with Gasteiger partial charge in [-0.3, -0.25) is 9.78 Å². The third-order valence-electron chi connectivity index (χ3n) is 3.11. The number of pyridine rings is 1. The molecule has 0 saturated carbocycles. The molecule has 18 heavy (non-hydrogen) atoms. The molecule has 2 rings (SSSR count). The normalized spacial score (nSPS) is 18.8. The second-order valence-electron chi connectivity index (χ2n) is 4.61. The van der Waals surface area contributed by atoms with Gasteiger partial charge in [-0.15, -0.1) is 0 Å². The minimum Gasteiger partial charge on any atom is -0.355 e. The Morgan fingerprint density at radius 2 is 2.44 bits per heavy atom. The summed E-state index contributed by atoms with van der Waals surface area (Å²) in [4.78, 5) is 15.9. The molecule has 0 bridgehead atoms. The quantitative estimate of drug-likeness (QED) is 0.858. The first-order valence-corrected chi connectivity index (χ1v) is 7.67. The van der Waals surface area contributed by atoms with Crippen LogP contribution in [0.3, 0.4) is 0 Å². The zero-order valence-corrected chi connectivity index (χ0v) is 11.4. The van der Waals surface area contributed by atoms with E-state index in [2.05, 4.69) is 10.3 Å². The fraction of sp³-hybridized carbons (Fsp3) is 0.571. The van der Waals surface area contributed by atoms with E-state index in [0.717, 1.165) is 25.1 Å². The zero-order chi connectivity index (χ0) is 12.6. The lowest BCUT2D eigenvalue weighted by atomic mass is 10.1. The maximum atomic E-state index is 11.6. The van der Waals surface area contributed by atoms with Crippen molar-refractivity contribution in [2.45, 2.75) is 37.4 Å². The summed E-state index contributed by atoms with van der Waals surface area (Å²) in [7, 11) is 0. The predicted octanol–water partition coefficient (Wildman–Crippen LogP) is 2.42. The monoisotopic (exact) mass is 264 g/mol. The number of carbonyl (C=O) groups excluding carboxylic acids is 1. The summed E-state index contributed by atoms with van der Waals surface area (Å²) in [5.74, 6) is 1.43. The molecule has 0 radical (unpaired) electrons. The molecule has 0 aromatic carbocycles. The highest BCUT2D eigenvalue weighted by molar-refractivity contribution is 8.00. The van der Waals surface area contributed by atoms with Gasteiger partial charge in [-0.05, 0) is 43.6 Å². The van der Waals surface area contributed by atoms with Gasteiger partial charge in [-0.1, -0.05) is 6.07 Å². The smallest absolute Gasteiger partial charge is 0.220 e. The Morgan fingerprint density at radius 1 is 1.50 bits per heavy atom. The van der Waals surface area contributed by atoms with Crippen molar-refractivity contribution in [2.75, 3.05) is 12.3 Å². The molecular formula is C14H20N2OS. The molecule has 1 aliphatic rings. The Labute approximate surface area is 113 Å². The summed E-state index contributed by atoms with van der Waals surface area (Å²) in [6, 6.07) is 5.91. The van der Waals surface area contributed by atoms with Crippen LogP contribution in [-0.4, -0.2) is 28.4 Å². The van der Waals surface area contributed by atoms with Gasteiger partial charge in [-0.25, -0.2) is 0 Å². The molecule has 0 unspecified atom stereocenters. The van der Waals surface area contributed by atoms with E-state index in [-0.39, 0.29) is 5.91 Å². The number of thioether (sulfide) groups is 1. The molecule has 1 aromatic heterocycles. The number of aromatic nitrogens is 1. The Balaban J connectivity index is 1.57. The van der Waals surface area contributed by atoms with E-state index in [1.807, 2.05) is 30.0 Å². The van der Waals surface area contributed by atoms with Crippen molar-refractivity contribution >= 4 is 17.7 Å². The maximum Gasteiger partial charge on any atom is 0.220 e. The minimum absolute atomic E-state index is 0.179. The highest BCUT2D eigenvalue weighted by Crippen LogP contribution is 2.25. The van der Waals surface area contributed by atoms with Crippen LogP contribution in [0.1, 0.15) is 31.4 Å². The number of aryl methyl sites for hydroxylation is 1. The van der Waals surface area contributed by atoms with Gasteiger partial charge in [0.15, 0.2) is 0 Å². The average Bonchev–Trinajstić information content (AvgIpc) is 2.91. The van der Waals surface area contributed by atoms with Gasteiger partial charge in [0.2, 0.25) is 5.91 Å².